The van der Waals surface area contributed by atoms with Gasteiger partial charge in [0.25, 0.3) is 0 Å². The first-order chi connectivity index (χ1) is 7.88. The second-order valence-corrected chi connectivity index (χ2v) is 3.56. The lowest BCUT2D eigenvalue weighted by atomic mass is 10.1. The minimum atomic E-state index is 0.429. The number of hydrogen-bond donors (Lipinski definition) is 0. The van der Waals surface area contributed by atoms with Crippen molar-refractivity contribution >= 4 is 0 Å². The van der Waals surface area contributed by atoms with Gasteiger partial charge in [0, 0.05) is 6.54 Å². The molecule has 1 radical (unpaired) electrons. The highest BCUT2D eigenvalue weighted by molar-refractivity contribution is 5.32. The Morgan fingerprint density at radius 2 is 1.44 bits per heavy atom. The topological polar surface area (TPSA) is 33.0 Å². The highest BCUT2D eigenvalue weighted by Gasteiger charge is 1.96. The molecule has 2 aromatic carbocycles. The van der Waals surface area contributed by atoms with Gasteiger partial charge in [0.2, 0.25) is 0 Å². The molecular weight excluding hydrogens is 198 g/mol. The third kappa shape index (κ3) is 2.84. The van der Waals surface area contributed by atoms with Crippen molar-refractivity contribution in [2.24, 2.45) is 0 Å². The normalized spacial score (nSPS) is 10.1. The van der Waals surface area contributed by atoms with Crippen molar-refractivity contribution in [3.05, 3.63) is 60.2 Å². The Kier molecular flexibility index (Phi) is 3.57. The van der Waals surface area contributed by atoms with Crippen LogP contribution in [0.15, 0.2) is 54.6 Å². The Hall–Kier alpha value is -1.80. The monoisotopic (exact) mass is 212 g/mol. The molecule has 1 N–H and O–H groups in total. The maximum absolute atomic E-state index is 7.14. The van der Waals surface area contributed by atoms with Crippen LogP contribution in [-0.2, 0) is 6.42 Å². The molecular formula is C14H14NO. The minimum Gasteiger partial charge on any atom is -0.457 e. The first-order valence-electron chi connectivity index (χ1n) is 5.35. The fourth-order valence-corrected chi connectivity index (χ4v) is 1.49. The first kappa shape index (κ1) is 10.7. The Labute approximate surface area is 95.7 Å². The molecule has 2 rings (SSSR count). The molecule has 2 aromatic rings. The van der Waals surface area contributed by atoms with E-state index in [-0.39, 0.29) is 0 Å². The maximum Gasteiger partial charge on any atom is 0.127 e. The summed E-state index contributed by atoms with van der Waals surface area (Å²) in [5.41, 5.74) is 8.32. The van der Waals surface area contributed by atoms with Crippen LogP contribution in [0.3, 0.4) is 0 Å². The van der Waals surface area contributed by atoms with Crippen molar-refractivity contribution in [1.29, 1.82) is 0 Å². The number of benzene rings is 2. The Morgan fingerprint density at radius 1 is 0.812 bits per heavy atom. The molecule has 0 saturated carbocycles. The van der Waals surface area contributed by atoms with Crippen LogP contribution in [0.4, 0.5) is 0 Å². The van der Waals surface area contributed by atoms with Crippen molar-refractivity contribution in [3.8, 4) is 11.5 Å². The molecule has 0 aliphatic rings. The second kappa shape index (κ2) is 5.33. The van der Waals surface area contributed by atoms with Crippen molar-refractivity contribution in [2.45, 2.75) is 6.42 Å². The number of nitrogens with one attached hydrogen (secondary N) is 1. The van der Waals surface area contributed by atoms with Gasteiger partial charge >= 0.3 is 0 Å². The van der Waals surface area contributed by atoms with Gasteiger partial charge in [0.1, 0.15) is 11.5 Å². The predicted molar refractivity (Wildman–Crippen MR) is 64.6 cm³/mol. The number of para-hydroxylation sites is 1. The molecule has 2 heteroatoms. The lowest BCUT2D eigenvalue weighted by Crippen LogP contribution is -1.92. The van der Waals surface area contributed by atoms with E-state index in [4.69, 9.17) is 10.5 Å². The highest BCUT2D eigenvalue weighted by atomic mass is 16.5. The van der Waals surface area contributed by atoms with E-state index >= 15 is 0 Å². The summed E-state index contributed by atoms with van der Waals surface area (Å²) in [6, 6.07) is 17.6. The van der Waals surface area contributed by atoms with Crippen LogP contribution >= 0.6 is 0 Å². The van der Waals surface area contributed by atoms with Gasteiger partial charge in [-0.3, -0.25) is 5.73 Å². The minimum absolute atomic E-state index is 0.429. The molecule has 0 atom stereocenters. The molecule has 0 amide bonds. The zero-order valence-corrected chi connectivity index (χ0v) is 9.02. The molecule has 0 heterocycles. The van der Waals surface area contributed by atoms with E-state index in [0.29, 0.717) is 6.54 Å². The van der Waals surface area contributed by atoms with Crippen LogP contribution in [0.1, 0.15) is 5.56 Å². The Morgan fingerprint density at radius 3 is 2.06 bits per heavy atom. The van der Waals surface area contributed by atoms with E-state index in [1.54, 1.807) is 0 Å². The van der Waals surface area contributed by atoms with Gasteiger partial charge in [-0.2, -0.15) is 0 Å². The van der Waals surface area contributed by atoms with E-state index in [1.165, 1.54) is 5.56 Å². The van der Waals surface area contributed by atoms with Gasteiger partial charge < -0.3 is 4.74 Å². The van der Waals surface area contributed by atoms with E-state index in [0.717, 1.165) is 17.9 Å². The molecule has 0 unspecified atom stereocenters. The molecule has 0 saturated heterocycles. The van der Waals surface area contributed by atoms with Crippen LogP contribution in [0.25, 0.3) is 0 Å². The summed E-state index contributed by atoms with van der Waals surface area (Å²) >= 11 is 0. The van der Waals surface area contributed by atoms with Gasteiger partial charge in [-0.15, -0.1) is 0 Å². The third-order valence-electron chi connectivity index (χ3n) is 2.32. The summed E-state index contributed by atoms with van der Waals surface area (Å²) in [6.45, 7) is 0.429. The molecule has 16 heavy (non-hydrogen) atoms. The van der Waals surface area contributed by atoms with Gasteiger partial charge in [0.15, 0.2) is 0 Å². The lowest BCUT2D eigenvalue weighted by Gasteiger charge is -2.06. The summed E-state index contributed by atoms with van der Waals surface area (Å²) in [7, 11) is 0. The predicted octanol–water partition coefficient (Wildman–Crippen LogP) is 3.30. The van der Waals surface area contributed by atoms with Crippen molar-refractivity contribution in [1.82, 2.24) is 5.73 Å². The lowest BCUT2D eigenvalue weighted by molar-refractivity contribution is 0.482. The molecule has 81 valence electrons. The molecule has 0 aliphatic carbocycles. The van der Waals surface area contributed by atoms with E-state index < -0.39 is 0 Å². The third-order valence-corrected chi connectivity index (χ3v) is 2.32. The van der Waals surface area contributed by atoms with Crippen LogP contribution in [0.5, 0.6) is 11.5 Å². The van der Waals surface area contributed by atoms with E-state index in [2.05, 4.69) is 0 Å². The molecule has 0 aliphatic heterocycles. The Bertz CT molecular complexity index is 422. The molecule has 0 fully saturated rings. The average Bonchev–Trinajstić information content (AvgIpc) is 2.33. The van der Waals surface area contributed by atoms with Crippen LogP contribution < -0.4 is 10.5 Å². The van der Waals surface area contributed by atoms with Gasteiger partial charge in [-0.25, -0.2) is 0 Å². The van der Waals surface area contributed by atoms with Crippen LogP contribution in [0.2, 0.25) is 0 Å². The first-order valence-corrected chi connectivity index (χ1v) is 5.35. The standard InChI is InChI=1S/C14H14NO/c15-11-10-12-6-8-14(9-7-12)16-13-4-2-1-3-5-13/h1-9,15H,10-11H2. The number of rotatable bonds is 4. The van der Waals surface area contributed by atoms with Crippen molar-refractivity contribution in [2.75, 3.05) is 6.54 Å². The van der Waals surface area contributed by atoms with Gasteiger partial charge in [-0.05, 0) is 36.2 Å². The van der Waals surface area contributed by atoms with Crippen molar-refractivity contribution < 1.29 is 4.74 Å². The SMILES string of the molecule is [NH]CCc1ccc(Oc2ccccc2)cc1. The molecule has 2 nitrogen and oxygen atoms in total. The Balaban J connectivity index is 2.05. The maximum atomic E-state index is 7.14. The fourth-order valence-electron chi connectivity index (χ4n) is 1.49. The fraction of sp³-hybridized carbons (Fsp3) is 0.143. The zero-order valence-electron chi connectivity index (χ0n) is 9.02. The summed E-state index contributed by atoms with van der Waals surface area (Å²) in [6.07, 6.45) is 0.797. The summed E-state index contributed by atoms with van der Waals surface area (Å²) < 4.78 is 5.66. The average molecular weight is 212 g/mol. The van der Waals surface area contributed by atoms with E-state index in [1.807, 2.05) is 54.6 Å². The summed E-state index contributed by atoms with van der Waals surface area (Å²) in [4.78, 5) is 0. The smallest absolute Gasteiger partial charge is 0.127 e. The number of hydrogen-bond acceptors (Lipinski definition) is 1. The zero-order chi connectivity index (χ0) is 11.2. The van der Waals surface area contributed by atoms with E-state index in [9.17, 15) is 0 Å². The molecule has 0 bridgehead atoms. The number of ether oxygens (including phenoxy) is 1. The highest BCUT2D eigenvalue weighted by Crippen LogP contribution is 2.21. The van der Waals surface area contributed by atoms with Gasteiger partial charge in [-0.1, -0.05) is 30.3 Å². The van der Waals surface area contributed by atoms with Crippen molar-refractivity contribution in [3.63, 3.8) is 0 Å². The molecule has 0 spiro atoms. The second-order valence-electron chi connectivity index (χ2n) is 3.56. The summed E-state index contributed by atoms with van der Waals surface area (Å²) in [5, 5.41) is 0. The quantitative estimate of drug-likeness (QED) is 0.765. The van der Waals surface area contributed by atoms with Crippen LogP contribution in [0, 0.1) is 0 Å². The summed E-state index contributed by atoms with van der Waals surface area (Å²) in [5.74, 6) is 1.68. The van der Waals surface area contributed by atoms with Gasteiger partial charge in [0.05, 0.1) is 0 Å². The largest absolute Gasteiger partial charge is 0.457 e. The molecule has 0 aromatic heterocycles. The van der Waals surface area contributed by atoms with Crippen LogP contribution in [-0.4, -0.2) is 6.54 Å².